The molecule has 0 saturated carbocycles. The third-order valence-electron chi connectivity index (χ3n) is 4.05. The first-order valence-corrected chi connectivity index (χ1v) is 9.98. The molecule has 24 heavy (non-hydrogen) atoms. The summed E-state index contributed by atoms with van der Waals surface area (Å²) in [6, 6.07) is 12.9. The van der Waals surface area contributed by atoms with E-state index < -0.39 is 14.8 Å². The van der Waals surface area contributed by atoms with Gasteiger partial charge in [-0.05, 0) is 49.1 Å². The summed E-state index contributed by atoms with van der Waals surface area (Å²) in [5.74, 6) is 0. The van der Waals surface area contributed by atoms with Crippen molar-refractivity contribution >= 4 is 33.2 Å². The van der Waals surface area contributed by atoms with Crippen molar-refractivity contribution in [2.24, 2.45) is 0 Å². The average molecular weight is 386 g/mol. The predicted octanol–water partition coefficient (Wildman–Crippen LogP) is 5.22. The van der Waals surface area contributed by atoms with Crippen molar-refractivity contribution < 1.29 is 8.42 Å². The maximum Gasteiger partial charge on any atom is 0.221 e. The van der Waals surface area contributed by atoms with E-state index in [1.165, 1.54) is 0 Å². The first-order chi connectivity index (χ1) is 11.2. The van der Waals surface area contributed by atoms with E-state index in [1.807, 2.05) is 37.3 Å². The van der Waals surface area contributed by atoms with Gasteiger partial charge in [-0.15, -0.1) is 0 Å². The second kappa shape index (κ2) is 7.44. The van der Waals surface area contributed by atoms with Gasteiger partial charge in [0, 0.05) is 6.54 Å². The van der Waals surface area contributed by atoms with E-state index in [2.05, 4.69) is 4.72 Å². The second-order valence-electron chi connectivity index (χ2n) is 6.11. The Morgan fingerprint density at radius 2 is 1.54 bits per heavy atom. The number of hydrogen-bond acceptors (Lipinski definition) is 2. The van der Waals surface area contributed by atoms with Crippen molar-refractivity contribution in [3.8, 4) is 11.1 Å². The van der Waals surface area contributed by atoms with Crippen LogP contribution in [0.2, 0.25) is 10.0 Å². The molecule has 0 heterocycles. The highest BCUT2D eigenvalue weighted by Crippen LogP contribution is 2.32. The standard InChI is InChI=1S/C18H21Cl2NO2S/c1-4-11-21-24(22,23)18(2,3)15-8-5-13(6-9-15)14-7-10-16(19)17(20)12-14/h5-10,12,21H,4,11H2,1-3H3. The lowest BCUT2D eigenvalue weighted by molar-refractivity contribution is 0.539. The molecule has 0 amide bonds. The lowest BCUT2D eigenvalue weighted by Crippen LogP contribution is -2.39. The van der Waals surface area contributed by atoms with E-state index in [4.69, 9.17) is 23.2 Å². The molecule has 2 rings (SSSR count). The summed E-state index contributed by atoms with van der Waals surface area (Å²) in [4.78, 5) is 0. The highest BCUT2D eigenvalue weighted by Gasteiger charge is 2.35. The molecule has 0 unspecified atom stereocenters. The van der Waals surface area contributed by atoms with Crippen LogP contribution in [0.4, 0.5) is 0 Å². The zero-order valence-electron chi connectivity index (χ0n) is 13.9. The lowest BCUT2D eigenvalue weighted by Gasteiger charge is -2.26. The topological polar surface area (TPSA) is 46.2 Å². The first-order valence-electron chi connectivity index (χ1n) is 7.74. The second-order valence-corrected chi connectivity index (χ2v) is 9.24. The van der Waals surface area contributed by atoms with Crippen LogP contribution in [-0.4, -0.2) is 15.0 Å². The van der Waals surface area contributed by atoms with E-state index in [0.29, 0.717) is 16.6 Å². The van der Waals surface area contributed by atoms with Crippen LogP contribution in [0.3, 0.4) is 0 Å². The summed E-state index contributed by atoms with van der Waals surface area (Å²) in [6.45, 7) is 5.78. The Morgan fingerprint density at radius 1 is 0.958 bits per heavy atom. The molecule has 0 fully saturated rings. The molecule has 2 aromatic rings. The maximum absolute atomic E-state index is 12.5. The van der Waals surface area contributed by atoms with Gasteiger partial charge >= 0.3 is 0 Å². The summed E-state index contributed by atoms with van der Waals surface area (Å²) in [5, 5.41) is 0.996. The largest absolute Gasteiger partial charge is 0.221 e. The average Bonchev–Trinajstić information content (AvgIpc) is 2.55. The Kier molecular flexibility index (Phi) is 5.97. The SMILES string of the molecule is CCCNS(=O)(=O)C(C)(C)c1ccc(-c2ccc(Cl)c(Cl)c2)cc1. The molecular weight excluding hydrogens is 365 g/mol. The van der Waals surface area contributed by atoms with Crippen LogP contribution in [0.25, 0.3) is 11.1 Å². The zero-order valence-corrected chi connectivity index (χ0v) is 16.3. The minimum absolute atomic E-state index is 0.438. The molecule has 0 spiro atoms. The highest BCUT2D eigenvalue weighted by molar-refractivity contribution is 7.90. The number of halogens is 2. The predicted molar refractivity (Wildman–Crippen MR) is 102 cm³/mol. The molecule has 0 atom stereocenters. The summed E-state index contributed by atoms with van der Waals surface area (Å²) < 4.78 is 26.6. The van der Waals surface area contributed by atoms with Crippen LogP contribution in [0.5, 0.6) is 0 Å². The normalized spacial score (nSPS) is 12.4. The van der Waals surface area contributed by atoms with Gasteiger partial charge in [-0.1, -0.05) is 60.5 Å². The van der Waals surface area contributed by atoms with Crippen molar-refractivity contribution in [3.05, 3.63) is 58.1 Å². The third-order valence-corrected chi connectivity index (χ3v) is 6.95. The highest BCUT2D eigenvalue weighted by atomic mass is 35.5. The fourth-order valence-electron chi connectivity index (χ4n) is 2.31. The summed E-state index contributed by atoms with van der Waals surface area (Å²) in [6.07, 6.45) is 0.756. The molecule has 0 radical (unpaired) electrons. The van der Waals surface area contributed by atoms with Crippen LogP contribution in [0.1, 0.15) is 32.8 Å². The van der Waals surface area contributed by atoms with Crippen molar-refractivity contribution in [2.45, 2.75) is 31.9 Å². The van der Waals surface area contributed by atoms with Gasteiger partial charge in [-0.25, -0.2) is 13.1 Å². The van der Waals surface area contributed by atoms with Crippen LogP contribution < -0.4 is 4.72 Å². The quantitative estimate of drug-likeness (QED) is 0.739. The fraction of sp³-hybridized carbons (Fsp3) is 0.333. The first kappa shape index (κ1) is 19.3. The Labute approximate surface area is 154 Å². The number of nitrogens with one attached hydrogen (secondary N) is 1. The number of sulfonamides is 1. The molecule has 0 aromatic heterocycles. The summed E-state index contributed by atoms with van der Waals surface area (Å²) >= 11 is 12.0. The Hall–Kier alpha value is -1.07. The Balaban J connectivity index is 2.32. The van der Waals surface area contributed by atoms with E-state index in [9.17, 15) is 8.42 Å². The monoisotopic (exact) mass is 385 g/mol. The smallest absolute Gasteiger partial charge is 0.214 e. The molecule has 130 valence electrons. The van der Waals surface area contributed by atoms with E-state index in [1.54, 1.807) is 26.0 Å². The van der Waals surface area contributed by atoms with Crippen LogP contribution in [0.15, 0.2) is 42.5 Å². The zero-order chi connectivity index (χ0) is 18.0. The van der Waals surface area contributed by atoms with Crippen LogP contribution in [-0.2, 0) is 14.8 Å². The maximum atomic E-state index is 12.5. The van der Waals surface area contributed by atoms with Crippen molar-refractivity contribution in [1.29, 1.82) is 0 Å². The number of hydrogen-bond donors (Lipinski definition) is 1. The van der Waals surface area contributed by atoms with E-state index in [-0.39, 0.29) is 0 Å². The van der Waals surface area contributed by atoms with E-state index >= 15 is 0 Å². The van der Waals surface area contributed by atoms with Crippen molar-refractivity contribution in [3.63, 3.8) is 0 Å². The summed E-state index contributed by atoms with van der Waals surface area (Å²) in [5.41, 5.74) is 2.61. The van der Waals surface area contributed by atoms with Gasteiger partial charge in [0.15, 0.2) is 0 Å². The molecule has 6 heteroatoms. The minimum Gasteiger partial charge on any atom is -0.214 e. The van der Waals surface area contributed by atoms with Crippen LogP contribution in [0, 0.1) is 0 Å². The van der Waals surface area contributed by atoms with Gasteiger partial charge < -0.3 is 0 Å². The summed E-state index contributed by atoms with van der Waals surface area (Å²) in [7, 11) is -3.45. The van der Waals surface area contributed by atoms with Gasteiger partial charge in [-0.2, -0.15) is 0 Å². The van der Waals surface area contributed by atoms with Gasteiger partial charge in [0.05, 0.1) is 10.0 Å². The Bertz CT molecular complexity index is 815. The third kappa shape index (κ3) is 3.94. The lowest BCUT2D eigenvalue weighted by atomic mass is 9.98. The van der Waals surface area contributed by atoms with Gasteiger partial charge in [-0.3, -0.25) is 0 Å². The Morgan fingerprint density at radius 3 is 2.08 bits per heavy atom. The molecule has 2 aromatic carbocycles. The molecule has 0 aliphatic heterocycles. The molecule has 0 aliphatic carbocycles. The van der Waals surface area contributed by atoms with Crippen LogP contribution >= 0.6 is 23.2 Å². The fourth-order valence-corrected chi connectivity index (χ4v) is 3.89. The van der Waals surface area contributed by atoms with Gasteiger partial charge in [0.1, 0.15) is 4.75 Å². The van der Waals surface area contributed by atoms with E-state index in [0.717, 1.165) is 23.1 Å². The number of rotatable bonds is 6. The van der Waals surface area contributed by atoms with Gasteiger partial charge in [0.2, 0.25) is 10.0 Å². The molecule has 1 N–H and O–H groups in total. The van der Waals surface area contributed by atoms with Gasteiger partial charge in [0.25, 0.3) is 0 Å². The van der Waals surface area contributed by atoms with Crippen molar-refractivity contribution in [1.82, 2.24) is 4.72 Å². The number of benzene rings is 2. The molecule has 3 nitrogen and oxygen atoms in total. The van der Waals surface area contributed by atoms with Crippen molar-refractivity contribution in [2.75, 3.05) is 6.54 Å². The molecule has 0 saturated heterocycles. The minimum atomic E-state index is -3.45. The molecule has 0 aliphatic rings. The molecule has 0 bridgehead atoms. The molecular formula is C18H21Cl2NO2S.